The first-order chi connectivity index (χ1) is 13.1. The van der Waals surface area contributed by atoms with Crippen LogP contribution in [0.2, 0.25) is 0 Å². The maximum absolute atomic E-state index is 13.2. The number of hydrogen-bond acceptors (Lipinski definition) is 5. The number of fused-ring (bicyclic) bond motifs is 1. The summed E-state index contributed by atoms with van der Waals surface area (Å²) in [5, 5.41) is 4.04. The van der Waals surface area contributed by atoms with Gasteiger partial charge in [-0.05, 0) is 32.4 Å². The molecular formula is C21H24N4OS. The van der Waals surface area contributed by atoms with Crippen LogP contribution in [-0.4, -0.2) is 22.8 Å². The van der Waals surface area contributed by atoms with E-state index in [1.165, 1.54) is 11.3 Å². The first-order valence-corrected chi connectivity index (χ1v) is 9.90. The van der Waals surface area contributed by atoms with Crippen LogP contribution in [-0.2, 0) is 0 Å². The van der Waals surface area contributed by atoms with Gasteiger partial charge in [0.2, 0.25) is 0 Å². The zero-order chi connectivity index (χ0) is 19.4. The lowest BCUT2D eigenvalue weighted by Crippen LogP contribution is -2.28. The quantitative estimate of drug-likeness (QED) is 0.693. The molecule has 27 heavy (non-hydrogen) atoms. The fourth-order valence-corrected chi connectivity index (χ4v) is 4.06. The van der Waals surface area contributed by atoms with Crippen molar-refractivity contribution < 1.29 is 0 Å². The average Bonchev–Trinajstić information content (AvgIpc) is 3.05. The van der Waals surface area contributed by atoms with Crippen LogP contribution in [0.25, 0.3) is 27.8 Å². The predicted octanol–water partition coefficient (Wildman–Crippen LogP) is 2.71. The Hall–Kier alpha value is -2.73. The van der Waals surface area contributed by atoms with Crippen molar-refractivity contribution in [2.75, 3.05) is 7.05 Å². The molecule has 0 aliphatic carbocycles. The highest BCUT2D eigenvalue weighted by molar-refractivity contribution is 7.16. The lowest BCUT2D eigenvalue weighted by atomic mass is 10.2. The summed E-state index contributed by atoms with van der Waals surface area (Å²) in [5.41, 5.74) is 2.62. The van der Waals surface area contributed by atoms with Gasteiger partial charge in [-0.1, -0.05) is 37.1 Å². The van der Waals surface area contributed by atoms with Gasteiger partial charge in [0.1, 0.15) is 16.8 Å². The lowest BCUT2D eigenvalue weighted by Gasteiger charge is -2.05. The van der Waals surface area contributed by atoms with E-state index >= 15 is 0 Å². The summed E-state index contributed by atoms with van der Waals surface area (Å²) >= 11 is 1.49. The van der Waals surface area contributed by atoms with Crippen LogP contribution in [0, 0.1) is 6.92 Å². The van der Waals surface area contributed by atoms with Gasteiger partial charge in [-0.2, -0.15) is 0 Å². The Labute approximate surface area is 162 Å². The van der Waals surface area contributed by atoms with Crippen LogP contribution < -0.4 is 20.6 Å². The first kappa shape index (κ1) is 19.0. The van der Waals surface area contributed by atoms with E-state index in [1.54, 1.807) is 17.1 Å². The molecule has 1 N–H and O–H groups in total. The summed E-state index contributed by atoms with van der Waals surface area (Å²) in [6.45, 7) is 6.04. The smallest absolute Gasteiger partial charge is 0.275 e. The van der Waals surface area contributed by atoms with Crippen LogP contribution in [0.5, 0.6) is 0 Å². The van der Waals surface area contributed by atoms with Gasteiger partial charge >= 0.3 is 0 Å². The Kier molecular flexibility index (Phi) is 5.86. The molecule has 5 nitrogen and oxygen atoms in total. The van der Waals surface area contributed by atoms with E-state index in [-0.39, 0.29) is 5.56 Å². The van der Waals surface area contributed by atoms with E-state index in [0.717, 1.165) is 39.7 Å². The molecule has 0 spiro atoms. The number of rotatable bonds is 5. The minimum absolute atomic E-state index is 0.0535. The third kappa shape index (κ3) is 3.71. The van der Waals surface area contributed by atoms with E-state index in [1.807, 2.05) is 45.2 Å². The number of hydrogen-bond donors (Lipinski definition) is 1. The highest BCUT2D eigenvalue weighted by atomic mass is 32.1. The van der Waals surface area contributed by atoms with Crippen molar-refractivity contribution in [3.8, 4) is 5.69 Å². The van der Waals surface area contributed by atoms with E-state index in [0.29, 0.717) is 10.2 Å². The van der Waals surface area contributed by atoms with Gasteiger partial charge in [0.15, 0.2) is 0 Å². The van der Waals surface area contributed by atoms with Crippen molar-refractivity contribution >= 4 is 39.7 Å². The number of thiophene rings is 1. The molecule has 3 rings (SSSR count). The Balaban J connectivity index is 2.38. The normalized spacial score (nSPS) is 13.6. The lowest BCUT2D eigenvalue weighted by molar-refractivity contribution is 0.964. The molecule has 0 radical (unpaired) electrons. The molecule has 0 fully saturated rings. The molecule has 0 atom stereocenters. The average molecular weight is 381 g/mol. The second kappa shape index (κ2) is 8.31. The highest BCUT2D eigenvalue weighted by Crippen LogP contribution is 2.11. The second-order valence-electron chi connectivity index (χ2n) is 6.25. The molecule has 0 unspecified atom stereocenters. The van der Waals surface area contributed by atoms with Crippen molar-refractivity contribution in [2.45, 2.75) is 33.6 Å². The molecule has 2 aromatic heterocycles. The van der Waals surface area contributed by atoms with Crippen LogP contribution >= 0.6 is 11.3 Å². The third-order valence-corrected chi connectivity index (χ3v) is 5.45. The van der Waals surface area contributed by atoms with E-state index in [9.17, 15) is 4.79 Å². The highest BCUT2D eigenvalue weighted by Gasteiger charge is 2.13. The van der Waals surface area contributed by atoms with Crippen molar-refractivity contribution in [1.82, 2.24) is 14.9 Å². The number of aromatic nitrogens is 2. The molecule has 2 heterocycles. The molecule has 0 saturated heterocycles. The van der Waals surface area contributed by atoms with Crippen LogP contribution in [0.3, 0.4) is 0 Å². The van der Waals surface area contributed by atoms with Crippen molar-refractivity contribution in [3.05, 3.63) is 56.3 Å². The number of aliphatic imine (C=N–C) groups is 1. The van der Waals surface area contributed by atoms with E-state index < -0.39 is 0 Å². The van der Waals surface area contributed by atoms with Gasteiger partial charge in [-0.25, -0.2) is 9.98 Å². The number of nitrogens with zero attached hydrogens (tertiary/aromatic N) is 3. The van der Waals surface area contributed by atoms with Gasteiger partial charge in [0.25, 0.3) is 5.56 Å². The zero-order valence-electron chi connectivity index (χ0n) is 16.1. The Bertz CT molecular complexity index is 1150. The zero-order valence-corrected chi connectivity index (χ0v) is 16.9. The minimum Gasteiger partial charge on any atom is -0.373 e. The van der Waals surface area contributed by atoms with Gasteiger partial charge < -0.3 is 5.32 Å². The minimum atomic E-state index is -0.0535. The molecule has 3 aromatic rings. The number of benzene rings is 1. The first-order valence-electron chi connectivity index (χ1n) is 9.08. The Morgan fingerprint density at radius 3 is 2.70 bits per heavy atom. The van der Waals surface area contributed by atoms with Crippen LogP contribution in [0.15, 0.2) is 40.4 Å². The summed E-state index contributed by atoms with van der Waals surface area (Å²) in [5.74, 6) is 0.728. The predicted molar refractivity (Wildman–Crippen MR) is 115 cm³/mol. The standard InChI is InChI=1S/C21H24N4OS/c1-5-7-8-16-17(20(22-4)23-6-2)18-19(27-16)21(26)25(13-24-18)15-11-9-14(3)10-12-15/h6,8-13,22H,5,7H2,1-4H3/b16-8-,20-17+,23-6-. The molecule has 0 saturated carbocycles. The van der Waals surface area contributed by atoms with Gasteiger partial charge in [-0.15, -0.1) is 11.3 Å². The summed E-state index contributed by atoms with van der Waals surface area (Å²) in [6, 6.07) is 7.87. The maximum atomic E-state index is 13.2. The number of unbranched alkanes of at least 4 members (excludes halogenated alkanes) is 1. The van der Waals surface area contributed by atoms with Gasteiger partial charge in [-0.3, -0.25) is 9.36 Å². The monoisotopic (exact) mass is 380 g/mol. The summed E-state index contributed by atoms with van der Waals surface area (Å²) in [6.07, 6.45) is 7.50. The largest absolute Gasteiger partial charge is 0.373 e. The summed E-state index contributed by atoms with van der Waals surface area (Å²) in [7, 11) is 1.84. The molecule has 0 bridgehead atoms. The Morgan fingerprint density at radius 2 is 2.07 bits per heavy atom. The van der Waals surface area contributed by atoms with Crippen LogP contribution in [0.4, 0.5) is 0 Å². The van der Waals surface area contributed by atoms with E-state index in [2.05, 4.69) is 28.3 Å². The summed E-state index contributed by atoms with van der Waals surface area (Å²) < 4.78 is 3.29. The molecule has 0 aliphatic heterocycles. The Morgan fingerprint density at radius 1 is 1.33 bits per heavy atom. The molecule has 140 valence electrons. The van der Waals surface area contributed by atoms with Crippen molar-refractivity contribution in [2.24, 2.45) is 4.99 Å². The molecule has 0 amide bonds. The third-order valence-electron chi connectivity index (χ3n) is 4.29. The second-order valence-corrected chi connectivity index (χ2v) is 7.31. The van der Waals surface area contributed by atoms with Crippen molar-refractivity contribution in [3.63, 3.8) is 0 Å². The molecule has 1 aromatic carbocycles. The summed E-state index contributed by atoms with van der Waals surface area (Å²) in [4.78, 5) is 22.3. The molecule has 6 heteroatoms. The van der Waals surface area contributed by atoms with Crippen LogP contribution in [0.1, 0.15) is 32.3 Å². The maximum Gasteiger partial charge on any atom is 0.275 e. The number of aryl methyl sites for hydroxylation is 1. The fraction of sp³-hybridized carbons (Fsp3) is 0.286. The van der Waals surface area contributed by atoms with E-state index in [4.69, 9.17) is 0 Å². The topological polar surface area (TPSA) is 59.3 Å². The fourth-order valence-electron chi connectivity index (χ4n) is 2.91. The number of nitrogens with one attached hydrogen (secondary N) is 1. The molecular weight excluding hydrogens is 356 g/mol. The van der Waals surface area contributed by atoms with Gasteiger partial charge in [0, 0.05) is 17.8 Å². The van der Waals surface area contributed by atoms with Gasteiger partial charge in [0.05, 0.1) is 16.4 Å². The molecule has 0 aliphatic rings. The van der Waals surface area contributed by atoms with Crippen molar-refractivity contribution in [1.29, 1.82) is 0 Å². The SMILES string of the molecule is C\C=N/C(NC)=c1\c(=C\CCC)sc2c(=O)n(-c3ccc(C)cc3)cnc12.